The van der Waals surface area contributed by atoms with Gasteiger partial charge >= 0.3 is 0 Å². The summed E-state index contributed by atoms with van der Waals surface area (Å²) in [6.45, 7) is 6.84. The van der Waals surface area contributed by atoms with Crippen molar-refractivity contribution in [1.29, 1.82) is 0 Å². The predicted molar refractivity (Wildman–Crippen MR) is 121 cm³/mol. The van der Waals surface area contributed by atoms with Crippen LogP contribution in [0.1, 0.15) is 26.3 Å². The molecule has 0 saturated carbocycles. The molecule has 0 spiro atoms. The zero-order valence-electron chi connectivity index (χ0n) is 16.5. The molecule has 0 aliphatic heterocycles. The van der Waals surface area contributed by atoms with Gasteiger partial charge in [-0.1, -0.05) is 81.4 Å². The second-order valence-corrected chi connectivity index (χ2v) is 8.54. The maximum absolute atomic E-state index is 4.81. The van der Waals surface area contributed by atoms with E-state index in [0.29, 0.717) is 0 Å². The molecule has 4 aromatic carbocycles. The van der Waals surface area contributed by atoms with Crippen molar-refractivity contribution in [1.82, 2.24) is 4.98 Å². The van der Waals surface area contributed by atoms with Gasteiger partial charge < -0.3 is 0 Å². The molecule has 0 bridgehead atoms. The molecule has 1 heterocycles. The van der Waals surface area contributed by atoms with Gasteiger partial charge in [0.1, 0.15) is 0 Å². The number of hydrogen-bond donors (Lipinski definition) is 0. The maximum atomic E-state index is 4.81. The lowest BCUT2D eigenvalue weighted by Crippen LogP contribution is -2.12. The van der Waals surface area contributed by atoms with Gasteiger partial charge in [0.2, 0.25) is 0 Å². The minimum atomic E-state index is 0.0624. The van der Waals surface area contributed by atoms with Crippen LogP contribution >= 0.6 is 0 Å². The van der Waals surface area contributed by atoms with E-state index in [1.54, 1.807) is 0 Å². The zero-order chi connectivity index (χ0) is 19.3. The van der Waals surface area contributed by atoms with Crippen molar-refractivity contribution < 1.29 is 0 Å². The quantitative estimate of drug-likeness (QED) is 0.282. The van der Waals surface area contributed by atoms with Crippen LogP contribution in [-0.4, -0.2) is 4.98 Å². The fourth-order valence-corrected chi connectivity index (χ4v) is 4.24. The molecule has 0 aliphatic rings. The van der Waals surface area contributed by atoms with Crippen LogP contribution in [0.5, 0.6) is 0 Å². The van der Waals surface area contributed by atoms with Gasteiger partial charge in [-0.2, -0.15) is 0 Å². The first-order valence-corrected chi connectivity index (χ1v) is 9.82. The van der Waals surface area contributed by atoms with E-state index < -0.39 is 0 Å². The van der Waals surface area contributed by atoms with Crippen molar-refractivity contribution in [2.75, 3.05) is 0 Å². The molecule has 0 unspecified atom stereocenters. The lowest BCUT2D eigenvalue weighted by molar-refractivity contribution is 0.596. The number of aromatic nitrogens is 1. The summed E-state index contributed by atoms with van der Waals surface area (Å²) in [7, 11) is 0. The summed E-state index contributed by atoms with van der Waals surface area (Å²) >= 11 is 0. The number of nitrogens with zero attached hydrogens (tertiary/aromatic N) is 1. The van der Waals surface area contributed by atoms with Crippen LogP contribution in [-0.2, 0) is 5.41 Å². The standard InChI is InChI=1S/C27H23N/c1-27(2,3)25-17-20(16-19-9-5-7-11-22(19)25)26-24-13-12-18-8-4-6-10-21(18)23(24)14-15-28-26/h4-17H,1-3H3. The van der Waals surface area contributed by atoms with Gasteiger partial charge in [0.05, 0.1) is 5.69 Å². The predicted octanol–water partition coefficient (Wildman–Crippen LogP) is 7.51. The first-order valence-electron chi connectivity index (χ1n) is 9.82. The van der Waals surface area contributed by atoms with Crippen molar-refractivity contribution in [2.24, 2.45) is 0 Å². The number of benzene rings is 4. The van der Waals surface area contributed by atoms with E-state index in [1.165, 1.54) is 43.4 Å². The summed E-state index contributed by atoms with van der Waals surface area (Å²) in [5, 5.41) is 7.60. The molecule has 1 heteroatoms. The molecule has 0 N–H and O–H groups in total. The molecular weight excluding hydrogens is 338 g/mol. The summed E-state index contributed by atoms with van der Waals surface area (Å²) in [5.74, 6) is 0. The zero-order valence-corrected chi connectivity index (χ0v) is 16.5. The van der Waals surface area contributed by atoms with Gasteiger partial charge in [-0.3, -0.25) is 4.98 Å². The first-order chi connectivity index (χ1) is 13.5. The van der Waals surface area contributed by atoms with E-state index >= 15 is 0 Å². The average molecular weight is 361 g/mol. The summed E-state index contributed by atoms with van der Waals surface area (Å²) in [4.78, 5) is 4.81. The average Bonchev–Trinajstić information content (AvgIpc) is 2.71. The Morgan fingerprint density at radius 1 is 0.607 bits per heavy atom. The Morgan fingerprint density at radius 3 is 2.11 bits per heavy atom. The summed E-state index contributed by atoms with van der Waals surface area (Å²) in [6.07, 6.45) is 1.94. The lowest BCUT2D eigenvalue weighted by atomic mass is 9.82. The highest BCUT2D eigenvalue weighted by atomic mass is 14.7. The minimum absolute atomic E-state index is 0.0624. The van der Waals surface area contributed by atoms with E-state index in [2.05, 4.69) is 99.6 Å². The van der Waals surface area contributed by atoms with Crippen molar-refractivity contribution in [2.45, 2.75) is 26.2 Å². The van der Waals surface area contributed by atoms with Gasteiger partial charge in [-0.25, -0.2) is 0 Å². The van der Waals surface area contributed by atoms with Gasteiger partial charge in [0, 0.05) is 17.1 Å². The summed E-state index contributed by atoms with van der Waals surface area (Å²) < 4.78 is 0. The van der Waals surface area contributed by atoms with Crippen LogP contribution in [0.25, 0.3) is 43.6 Å². The van der Waals surface area contributed by atoms with E-state index in [1.807, 2.05) is 6.20 Å². The van der Waals surface area contributed by atoms with Crippen molar-refractivity contribution in [3.8, 4) is 11.3 Å². The monoisotopic (exact) mass is 361 g/mol. The van der Waals surface area contributed by atoms with Crippen LogP contribution < -0.4 is 0 Å². The van der Waals surface area contributed by atoms with Crippen LogP contribution in [0.3, 0.4) is 0 Å². The number of rotatable bonds is 1. The maximum Gasteiger partial charge on any atom is 0.0780 e. The molecular formula is C27H23N. The van der Waals surface area contributed by atoms with Crippen LogP contribution in [0, 0.1) is 0 Å². The third-order valence-corrected chi connectivity index (χ3v) is 5.61. The molecule has 28 heavy (non-hydrogen) atoms. The summed E-state index contributed by atoms with van der Waals surface area (Å²) in [6, 6.07) is 28.4. The Balaban J connectivity index is 1.86. The number of pyridine rings is 1. The molecule has 0 fully saturated rings. The number of fused-ring (bicyclic) bond motifs is 4. The van der Waals surface area contributed by atoms with Crippen LogP contribution in [0.2, 0.25) is 0 Å². The van der Waals surface area contributed by atoms with E-state index in [0.717, 1.165) is 5.69 Å². The second kappa shape index (κ2) is 6.17. The first kappa shape index (κ1) is 16.9. The Bertz CT molecular complexity index is 1340. The molecule has 1 aromatic heterocycles. The molecule has 1 nitrogen and oxygen atoms in total. The third-order valence-electron chi connectivity index (χ3n) is 5.61. The van der Waals surface area contributed by atoms with Gasteiger partial charge in [-0.05, 0) is 56.1 Å². The number of hydrogen-bond acceptors (Lipinski definition) is 1. The SMILES string of the molecule is CC(C)(C)c1cc(-c2nccc3c2ccc2ccccc23)cc2ccccc12. The fraction of sp³-hybridized carbons (Fsp3) is 0.148. The largest absolute Gasteiger partial charge is 0.256 e. The topological polar surface area (TPSA) is 12.9 Å². The molecule has 0 aliphatic carbocycles. The van der Waals surface area contributed by atoms with Gasteiger partial charge in [-0.15, -0.1) is 0 Å². The van der Waals surface area contributed by atoms with Crippen molar-refractivity contribution >= 4 is 32.3 Å². The normalized spacial score (nSPS) is 12.1. The van der Waals surface area contributed by atoms with E-state index in [4.69, 9.17) is 4.98 Å². The molecule has 0 atom stereocenters. The van der Waals surface area contributed by atoms with Crippen molar-refractivity contribution in [3.05, 3.63) is 90.6 Å². The Kier molecular flexibility index (Phi) is 3.73. The Labute approximate surface area is 165 Å². The highest BCUT2D eigenvalue weighted by molar-refractivity contribution is 6.11. The van der Waals surface area contributed by atoms with E-state index in [-0.39, 0.29) is 5.41 Å². The van der Waals surface area contributed by atoms with Gasteiger partial charge in [0.25, 0.3) is 0 Å². The lowest BCUT2D eigenvalue weighted by Gasteiger charge is -2.23. The van der Waals surface area contributed by atoms with Gasteiger partial charge in [0.15, 0.2) is 0 Å². The highest BCUT2D eigenvalue weighted by Crippen LogP contribution is 2.37. The molecule has 0 amide bonds. The molecule has 5 aromatic rings. The fourth-order valence-electron chi connectivity index (χ4n) is 4.24. The molecule has 0 saturated heterocycles. The Morgan fingerprint density at radius 2 is 1.32 bits per heavy atom. The Hall–Kier alpha value is -3.19. The van der Waals surface area contributed by atoms with E-state index in [9.17, 15) is 0 Å². The third kappa shape index (κ3) is 2.66. The second-order valence-electron chi connectivity index (χ2n) is 8.54. The smallest absolute Gasteiger partial charge is 0.0780 e. The molecule has 136 valence electrons. The minimum Gasteiger partial charge on any atom is -0.256 e. The molecule has 0 radical (unpaired) electrons. The highest BCUT2D eigenvalue weighted by Gasteiger charge is 2.19. The molecule has 5 rings (SSSR count). The van der Waals surface area contributed by atoms with Crippen LogP contribution in [0.4, 0.5) is 0 Å². The summed E-state index contributed by atoms with van der Waals surface area (Å²) in [5.41, 5.74) is 3.66. The van der Waals surface area contributed by atoms with Crippen molar-refractivity contribution in [3.63, 3.8) is 0 Å². The van der Waals surface area contributed by atoms with Crippen LogP contribution in [0.15, 0.2) is 85.1 Å².